The van der Waals surface area contributed by atoms with Gasteiger partial charge in [0.2, 0.25) is 0 Å². The Labute approximate surface area is 81.9 Å². The van der Waals surface area contributed by atoms with Gasteiger partial charge in [-0.2, -0.15) is 0 Å². The van der Waals surface area contributed by atoms with Crippen LogP contribution in [0.25, 0.3) is 0 Å². The molecule has 0 bridgehead atoms. The summed E-state index contributed by atoms with van der Waals surface area (Å²) in [5, 5.41) is 0. The minimum absolute atomic E-state index is 0.621. The average Bonchev–Trinajstić information content (AvgIpc) is 2.03. The number of hydrogen-bond donors (Lipinski definition) is 0. The van der Waals surface area contributed by atoms with E-state index in [4.69, 9.17) is 0 Å². The predicted octanol–water partition coefficient (Wildman–Crippen LogP) is 3.57. The predicted molar refractivity (Wildman–Crippen MR) is 55.7 cm³/mol. The van der Waals surface area contributed by atoms with Crippen molar-refractivity contribution in [2.75, 3.05) is 0 Å². The third-order valence-corrected chi connectivity index (χ3v) is 3.42. The molecule has 1 saturated carbocycles. The largest absolute Gasteiger partial charge is 0.303 e. The second-order valence-corrected chi connectivity index (χ2v) is 4.48. The van der Waals surface area contributed by atoms with E-state index in [9.17, 15) is 4.79 Å². The number of rotatable bonds is 3. The molecule has 0 aliphatic heterocycles. The summed E-state index contributed by atoms with van der Waals surface area (Å²) in [4.78, 5) is 10.4. The van der Waals surface area contributed by atoms with E-state index in [0.717, 1.165) is 18.6 Å². The third kappa shape index (κ3) is 3.93. The van der Waals surface area contributed by atoms with E-state index in [1.165, 1.54) is 44.9 Å². The zero-order valence-electron chi connectivity index (χ0n) is 8.80. The molecule has 1 aliphatic carbocycles. The summed E-state index contributed by atoms with van der Waals surface area (Å²) < 4.78 is 0. The van der Waals surface area contributed by atoms with Gasteiger partial charge in [0.05, 0.1) is 0 Å². The first-order chi connectivity index (χ1) is 6.34. The van der Waals surface area contributed by atoms with E-state index in [2.05, 4.69) is 6.92 Å². The fourth-order valence-electron chi connectivity index (χ4n) is 2.40. The van der Waals surface area contributed by atoms with Crippen molar-refractivity contribution in [3.05, 3.63) is 0 Å². The van der Waals surface area contributed by atoms with Gasteiger partial charge in [-0.05, 0) is 11.8 Å². The highest BCUT2D eigenvalue weighted by Gasteiger charge is 2.17. The van der Waals surface area contributed by atoms with Crippen molar-refractivity contribution in [3.63, 3.8) is 0 Å². The molecule has 0 aromatic heterocycles. The summed E-state index contributed by atoms with van der Waals surface area (Å²) in [5.41, 5.74) is 0. The summed E-state index contributed by atoms with van der Waals surface area (Å²) in [6.07, 6.45) is 11.6. The first-order valence-corrected chi connectivity index (χ1v) is 5.78. The first kappa shape index (κ1) is 10.7. The highest BCUT2D eigenvalue weighted by atomic mass is 16.1. The van der Waals surface area contributed by atoms with Crippen LogP contribution in [-0.4, -0.2) is 6.29 Å². The quantitative estimate of drug-likeness (QED) is 0.610. The van der Waals surface area contributed by atoms with Crippen molar-refractivity contribution in [2.45, 2.75) is 58.3 Å². The van der Waals surface area contributed by atoms with Crippen LogP contribution in [0.3, 0.4) is 0 Å². The van der Waals surface area contributed by atoms with Gasteiger partial charge >= 0.3 is 0 Å². The molecule has 1 atom stereocenters. The maximum absolute atomic E-state index is 10.4. The molecule has 0 aromatic carbocycles. The zero-order chi connectivity index (χ0) is 9.52. The van der Waals surface area contributed by atoms with Crippen molar-refractivity contribution >= 4 is 6.29 Å². The molecule has 0 saturated heterocycles. The van der Waals surface area contributed by atoms with Crippen LogP contribution in [0.4, 0.5) is 0 Å². The van der Waals surface area contributed by atoms with E-state index in [1.54, 1.807) is 0 Å². The van der Waals surface area contributed by atoms with Crippen molar-refractivity contribution in [2.24, 2.45) is 11.8 Å². The topological polar surface area (TPSA) is 17.1 Å². The van der Waals surface area contributed by atoms with E-state index in [-0.39, 0.29) is 0 Å². The van der Waals surface area contributed by atoms with Crippen LogP contribution in [0.2, 0.25) is 0 Å². The van der Waals surface area contributed by atoms with Crippen LogP contribution in [0, 0.1) is 11.8 Å². The highest BCUT2D eigenvalue weighted by Crippen LogP contribution is 2.29. The molecular weight excluding hydrogens is 160 g/mol. The Morgan fingerprint density at radius 3 is 2.23 bits per heavy atom. The van der Waals surface area contributed by atoms with Crippen LogP contribution in [-0.2, 0) is 4.79 Å². The molecule has 0 amide bonds. The third-order valence-electron chi connectivity index (χ3n) is 3.42. The molecule has 1 heteroatoms. The van der Waals surface area contributed by atoms with Gasteiger partial charge in [-0.25, -0.2) is 0 Å². The fourth-order valence-corrected chi connectivity index (χ4v) is 2.40. The lowest BCUT2D eigenvalue weighted by Gasteiger charge is -2.24. The summed E-state index contributed by atoms with van der Waals surface area (Å²) in [6.45, 7) is 2.24. The average molecular weight is 182 g/mol. The van der Waals surface area contributed by atoms with Gasteiger partial charge in [-0.1, -0.05) is 51.9 Å². The maximum Gasteiger partial charge on any atom is 0.120 e. The lowest BCUT2D eigenvalue weighted by molar-refractivity contribution is -0.108. The van der Waals surface area contributed by atoms with E-state index in [1.807, 2.05) is 0 Å². The molecule has 0 N–H and O–H groups in total. The zero-order valence-corrected chi connectivity index (χ0v) is 8.80. The van der Waals surface area contributed by atoms with Gasteiger partial charge in [0.25, 0.3) is 0 Å². The lowest BCUT2D eigenvalue weighted by atomic mass is 9.81. The molecule has 1 fully saturated rings. The Hall–Kier alpha value is -0.330. The maximum atomic E-state index is 10.4. The Bertz CT molecular complexity index is 134. The fraction of sp³-hybridized carbons (Fsp3) is 0.917. The Balaban J connectivity index is 2.31. The Morgan fingerprint density at radius 2 is 1.69 bits per heavy atom. The van der Waals surface area contributed by atoms with Crippen molar-refractivity contribution in [1.82, 2.24) is 0 Å². The Kier molecular flexibility index (Phi) is 5.10. The first-order valence-electron chi connectivity index (χ1n) is 5.78. The molecule has 13 heavy (non-hydrogen) atoms. The lowest BCUT2D eigenvalue weighted by Crippen LogP contribution is -2.13. The van der Waals surface area contributed by atoms with Crippen LogP contribution < -0.4 is 0 Å². The van der Waals surface area contributed by atoms with E-state index in [0.29, 0.717) is 5.92 Å². The smallest absolute Gasteiger partial charge is 0.120 e. The van der Waals surface area contributed by atoms with Gasteiger partial charge in [-0.15, -0.1) is 0 Å². The second-order valence-electron chi connectivity index (χ2n) is 4.48. The standard InChI is InChI=1S/C12H22O/c1-11(9-10-13)12-7-5-3-2-4-6-8-12/h10-12H,2-9H2,1H3. The van der Waals surface area contributed by atoms with Gasteiger partial charge in [0.1, 0.15) is 6.29 Å². The van der Waals surface area contributed by atoms with Gasteiger partial charge < -0.3 is 4.79 Å². The summed E-state index contributed by atoms with van der Waals surface area (Å²) >= 11 is 0. The molecule has 1 nitrogen and oxygen atoms in total. The number of carbonyl (C=O) groups is 1. The highest BCUT2D eigenvalue weighted by molar-refractivity contribution is 5.49. The van der Waals surface area contributed by atoms with Crippen LogP contribution >= 0.6 is 0 Å². The number of aldehydes is 1. The van der Waals surface area contributed by atoms with E-state index < -0.39 is 0 Å². The van der Waals surface area contributed by atoms with Crippen LogP contribution in [0.5, 0.6) is 0 Å². The molecular formula is C12H22O. The Morgan fingerprint density at radius 1 is 1.15 bits per heavy atom. The molecule has 1 unspecified atom stereocenters. The summed E-state index contributed by atoms with van der Waals surface area (Å²) in [5.74, 6) is 1.45. The van der Waals surface area contributed by atoms with Gasteiger partial charge in [0, 0.05) is 6.42 Å². The normalized spacial score (nSPS) is 23.2. The minimum atomic E-state index is 0.621. The summed E-state index contributed by atoms with van der Waals surface area (Å²) in [6, 6.07) is 0. The number of carbonyl (C=O) groups excluding carboxylic acids is 1. The molecule has 0 aromatic rings. The second kappa shape index (κ2) is 6.17. The van der Waals surface area contributed by atoms with Crippen molar-refractivity contribution < 1.29 is 4.79 Å². The molecule has 0 radical (unpaired) electrons. The van der Waals surface area contributed by atoms with Crippen molar-refractivity contribution in [3.8, 4) is 0 Å². The van der Waals surface area contributed by atoms with Crippen LogP contribution in [0.1, 0.15) is 58.3 Å². The molecule has 76 valence electrons. The molecule has 1 aliphatic rings. The monoisotopic (exact) mass is 182 g/mol. The van der Waals surface area contributed by atoms with E-state index >= 15 is 0 Å². The number of hydrogen-bond acceptors (Lipinski definition) is 1. The molecule has 0 spiro atoms. The SMILES string of the molecule is CC(CC=O)C1CCCCCCC1. The molecule has 0 heterocycles. The van der Waals surface area contributed by atoms with Crippen LogP contribution in [0.15, 0.2) is 0 Å². The van der Waals surface area contributed by atoms with Gasteiger partial charge in [-0.3, -0.25) is 0 Å². The van der Waals surface area contributed by atoms with Gasteiger partial charge in [0.15, 0.2) is 0 Å². The molecule has 1 rings (SSSR count). The van der Waals surface area contributed by atoms with Crippen molar-refractivity contribution in [1.29, 1.82) is 0 Å². The summed E-state index contributed by atoms with van der Waals surface area (Å²) in [7, 11) is 0. The minimum Gasteiger partial charge on any atom is -0.303 e.